The van der Waals surface area contributed by atoms with Crippen LogP contribution < -0.4 is 5.32 Å². The fourth-order valence-electron chi connectivity index (χ4n) is 3.54. The molecule has 3 rings (SSSR count). The number of benzene rings is 1. The van der Waals surface area contributed by atoms with E-state index in [1.165, 1.54) is 12.1 Å². The van der Waals surface area contributed by atoms with Gasteiger partial charge in [0.25, 0.3) is 0 Å². The van der Waals surface area contributed by atoms with Gasteiger partial charge in [-0.1, -0.05) is 12.1 Å². The van der Waals surface area contributed by atoms with Crippen molar-refractivity contribution < 1.29 is 13.9 Å². The third-order valence-corrected chi connectivity index (χ3v) is 4.80. The van der Waals surface area contributed by atoms with E-state index in [1.807, 2.05) is 11.0 Å². The molecule has 1 N–H and O–H groups in total. The lowest BCUT2D eigenvalue weighted by Crippen LogP contribution is -2.48. The molecule has 4 nitrogen and oxygen atoms in total. The van der Waals surface area contributed by atoms with Gasteiger partial charge in [-0.05, 0) is 43.9 Å². The molecule has 3 unspecified atom stereocenters. The number of hydrogen-bond donors (Lipinski definition) is 1. The maximum Gasteiger partial charge on any atom is 0.223 e. The first-order chi connectivity index (χ1) is 11.1. The zero-order chi connectivity index (χ0) is 16.2. The van der Waals surface area contributed by atoms with Gasteiger partial charge in [-0.3, -0.25) is 4.79 Å². The number of piperazine rings is 1. The smallest absolute Gasteiger partial charge is 0.223 e. The van der Waals surface area contributed by atoms with Crippen molar-refractivity contribution in [2.24, 2.45) is 0 Å². The van der Waals surface area contributed by atoms with Crippen LogP contribution in [0.1, 0.15) is 44.2 Å². The minimum Gasteiger partial charge on any atom is -0.375 e. The Balaban J connectivity index is 1.62. The van der Waals surface area contributed by atoms with E-state index in [-0.39, 0.29) is 23.9 Å². The first kappa shape index (κ1) is 16.4. The lowest BCUT2D eigenvalue weighted by atomic mass is 10.0. The molecular weight excluding hydrogens is 295 g/mol. The van der Waals surface area contributed by atoms with Crippen LogP contribution in [0.4, 0.5) is 4.39 Å². The first-order valence-electron chi connectivity index (χ1n) is 8.54. The van der Waals surface area contributed by atoms with Crippen molar-refractivity contribution in [1.29, 1.82) is 0 Å². The quantitative estimate of drug-likeness (QED) is 0.927. The van der Waals surface area contributed by atoms with E-state index in [2.05, 4.69) is 12.2 Å². The van der Waals surface area contributed by atoms with Gasteiger partial charge >= 0.3 is 0 Å². The van der Waals surface area contributed by atoms with E-state index in [0.717, 1.165) is 31.4 Å². The summed E-state index contributed by atoms with van der Waals surface area (Å²) in [6.07, 6.45) is 3.94. The largest absolute Gasteiger partial charge is 0.375 e. The second kappa shape index (κ2) is 7.41. The summed E-state index contributed by atoms with van der Waals surface area (Å²) in [5, 5.41) is 3.30. The topological polar surface area (TPSA) is 41.6 Å². The summed E-state index contributed by atoms with van der Waals surface area (Å²) >= 11 is 0. The molecule has 2 saturated heterocycles. The summed E-state index contributed by atoms with van der Waals surface area (Å²) in [5.74, 6) is -0.113. The number of halogens is 1. The van der Waals surface area contributed by atoms with Gasteiger partial charge in [-0.15, -0.1) is 0 Å². The molecule has 1 aromatic carbocycles. The minimum absolute atomic E-state index is 0.0876. The normalized spacial score (nSPS) is 28.1. The Labute approximate surface area is 137 Å². The molecule has 2 aliphatic rings. The highest BCUT2D eigenvalue weighted by atomic mass is 19.1. The van der Waals surface area contributed by atoms with E-state index in [9.17, 15) is 9.18 Å². The zero-order valence-corrected chi connectivity index (χ0v) is 13.6. The molecule has 2 aliphatic heterocycles. The van der Waals surface area contributed by atoms with Crippen LogP contribution in [0.2, 0.25) is 0 Å². The van der Waals surface area contributed by atoms with Crippen molar-refractivity contribution >= 4 is 5.91 Å². The van der Waals surface area contributed by atoms with Crippen LogP contribution in [0, 0.1) is 5.82 Å². The summed E-state index contributed by atoms with van der Waals surface area (Å²) in [6, 6.07) is 6.47. The maximum atomic E-state index is 13.5. The van der Waals surface area contributed by atoms with Crippen LogP contribution in [0.25, 0.3) is 0 Å². The predicted octanol–water partition coefficient (Wildman–Crippen LogP) is 2.65. The van der Waals surface area contributed by atoms with Gasteiger partial charge in [0.15, 0.2) is 0 Å². The Kier molecular flexibility index (Phi) is 5.28. The van der Waals surface area contributed by atoms with Gasteiger partial charge in [0.2, 0.25) is 5.91 Å². The summed E-state index contributed by atoms with van der Waals surface area (Å²) in [7, 11) is 0. The Morgan fingerprint density at radius 2 is 2.30 bits per heavy atom. The summed E-state index contributed by atoms with van der Waals surface area (Å²) in [6.45, 7) is 4.21. The molecule has 1 amide bonds. The number of nitrogens with zero attached hydrogens (tertiary/aromatic N) is 1. The van der Waals surface area contributed by atoms with E-state index in [1.54, 1.807) is 6.07 Å². The fourth-order valence-corrected chi connectivity index (χ4v) is 3.54. The highest BCUT2D eigenvalue weighted by Crippen LogP contribution is 2.26. The molecule has 2 heterocycles. The number of amides is 1. The molecule has 126 valence electrons. The van der Waals surface area contributed by atoms with Crippen molar-refractivity contribution in [3.63, 3.8) is 0 Å². The number of carbonyl (C=O) groups excluding carboxylic acids is 1. The Morgan fingerprint density at radius 3 is 3.04 bits per heavy atom. The van der Waals surface area contributed by atoms with Gasteiger partial charge in [0, 0.05) is 26.1 Å². The molecule has 0 aliphatic carbocycles. The average molecular weight is 320 g/mol. The standard InChI is InChI=1S/C18H25FN2O2/c1-13-5-6-16(23-13)7-8-18(22)21-10-9-20-12-17(21)14-3-2-4-15(19)11-14/h2-4,11,13,16-17,20H,5-10,12H2,1H3. The summed E-state index contributed by atoms with van der Waals surface area (Å²) in [4.78, 5) is 14.5. The number of hydrogen-bond acceptors (Lipinski definition) is 3. The van der Waals surface area contributed by atoms with Crippen molar-refractivity contribution in [3.05, 3.63) is 35.6 Å². The Bertz CT molecular complexity index is 552. The van der Waals surface area contributed by atoms with Gasteiger partial charge in [-0.25, -0.2) is 4.39 Å². The van der Waals surface area contributed by atoms with E-state index in [4.69, 9.17) is 4.74 Å². The fraction of sp³-hybridized carbons (Fsp3) is 0.611. The van der Waals surface area contributed by atoms with Crippen LogP contribution in [0.3, 0.4) is 0 Å². The Hall–Kier alpha value is -1.46. The highest BCUT2D eigenvalue weighted by Gasteiger charge is 2.29. The van der Waals surface area contributed by atoms with Crippen LogP contribution in [0.5, 0.6) is 0 Å². The number of rotatable bonds is 4. The summed E-state index contributed by atoms with van der Waals surface area (Å²) in [5.41, 5.74) is 0.858. The van der Waals surface area contributed by atoms with Gasteiger partial charge in [0.1, 0.15) is 5.82 Å². The van der Waals surface area contributed by atoms with Crippen LogP contribution in [-0.2, 0) is 9.53 Å². The third-order valence-electron chi connectivity index (χ3n) is 4.80. The molecule has 23 heavy (non-hydrogen) atoms. The van der Waals surface area contributed by atoms with Crippen LogP contribution in [-0.4, -0.2) is 42.6 Å². The number of carbonyl (C=O) groups is 1. The molecule has 0 saturated carbocycles. The van der Waals surface area contributed by atoms with Crippen molar-refractivity contribution in [3.8, 4) is 0 Å². The molecule has 0 radical (unpaired) electrons. The van der Waals surface area contributed by atoms with E-state index >= 15 is 0 Å². The van der Waals surface area contributed by atoms with Crippen LogP contribution in [0.15, 0.2) is 24.3 Å². The molecule has 1 aromatic rings. The van der Waals surface area contributed by atoms with E-state index < -0.39 is 0 Å². The minimum atomic E-state index is -0.256. The second-order valence-corrected chi connectivity index (χ2v) is 6.55. The van der Waals surface area contributed by atoms with Crippen molar-refractivity contribution in [2.45, 2.75) is 50.9 Å². The van der Waals surface area contributed by atoms with E-state index in [0.29, 0.717) is 25.6 Å². The first-order valence-corrected chi connectivity index (χ1v) is 8.54. The number of ether oxygens (including phenoxy) is 1. The molecule has 3 atom stereocenters. The highest BCUT2D eigenvalue weighted by molar-refractivity contribution is 5.77. The zero-order valence-electron chi connectivity index (χ0n) is 13.6. The van der Waals surface area contributed by atoms with Crippen LogP contribution >= 0.6 is 0 Å². The molecule has 0 aromatic heterocycles. The molecular formula is C18H25FN2O2. The maximum absolute atomic E-state index is 13.5. The van der Waals surface area contributed by atoms with Gasteiger partial charge in [-0.2, -0.15) is 0 Å². The average Bonchev–Trinajstić information content (AvgIpc) is 2.98. The molecule has 0 bridgehead atoms. The monoisotopic (exact) mass is 320 g/mol. The van der Waals surface area contributed by atoms with Gasteiger partial charge in [0.05, 0.1) is 18.2 Å². The molecule has 0 spiro atoms. The lowest BCUT2D eigenvalue weighted by molar-refractivity contribution is -0.135. The lowest BCUT2D eigenvalue weighted by Gasteiger charge is -2.37. The predicted molar refractivity (Wildman–Crippen MR) is 86.5 cm³/mol. The molecule has 2 fully saturated rings. The second-order valence-electron chi connectivity index (χ2n) is 6.55. The summed E-state index contributed by atoms with van der Waals surface area (Å²) < 4.78 is 19.3. The van der Waals surface area contributed by atoms with Gasteiger partial charge < -0.3 is 15.0 Å². The third kappa shape index (κ3) is 4.09. The molecule has 5 heteroatoms. The SMILES string of the molecule is CC1CCC(CCC(=O)N2CCNCC2c2cccc(F)c2)O1. The number of nitrogens with one attached hydrogen (secondary N) is 1. The van der Waals surface area contributed by atoms with Crippen molar-refractivity contribution in [1.82, 2.24) is 10.2 Å². The Morgan fingerprint density at radius 1 is 1.43 bits per heavy atom. The van der Waals surface area contributed by atoms with Crippen molar-refractivity contribution in [2.75, 3.05) is 19.6 Å².